The standard InChI is InChI=1S/C9H12O.C4H11N/c1-3-8-5-4-7(2)9(10)6-8;1-3-5-4-2/h4-6,10H,3H2,1-2H3;5H,3-4H2,1-2H3. The number of hydrogen-bond acceptors (Lipinski definition) is 2. The number of phenolic OH excluding ortho intramolecular Hbond substituents is 1. The van der Waals surface area contributed by atoms with Gasteiger partial charge in [-0.3, -0.25) is 0 Å². The molecule has 2 nitrogen and oxygen atoms in total. The number of aromatic hydroxyl groups is 1. The van der Waals surface area contributed by atoms with Crippen molar-refractivity contribution in [3.8, 4) is 5.75 Å². The third kappa shape index (κ3) is 6.13. The second kappa shape index (κ2) is 8.30. The molecule has 0 fully saturated rings. The second-order valence-electron chi connectivity index (χ2n) is 3.43. The van der Waals surface area contributed by atoms with Crippen LogP contribution in [-0.4, -0.2) is 18.2 Å². The number of nitrogens with one attached hydrogen (secondary N) is 1. The molecule has 0 aliphatic carbocycles. The fourth-order valence-corrected chi connectivity index (χ4v) is 1.12. The molecule has 0 amide bonds. The monoisotopic (exact) mass is 209 g/mol. The van der Waals surface area contributed by atoms with Crippen LogP contribution in [0.3, 0.4) is 0 Å². The average molecular weight is 209 g/mol. The maximum atomic E-state index is 9.23. The fourth-order valence-electron chi connectivity index (χ4n) is 1.12. The largest absolute Gasteiger partial charge is 0.508 e. The lowest BCUT2D eigenvalue weighted by Gasteiger charge is -1.99. The van der Waals surface area contributed by atoms with E-state index in [2.05, 4.69) is 26.1 Å². The lowest BCUT2D eigenvalue weighted by atomic mass is 10.1. The molecule has 0 radical (unpaired) electrons. The van der Waals surface area contributed by atoms with E-state index in [-0.39, 0.29) is 0 Å². The van der Waals surface area contributed by atoms with E-state index >= 15 is 0 Å². The highest BCUT2D eigenvalue weighted by molar-refractivity contribution is 5.35. The van der Waals surface area contributed by atoms with E-state index < -0.39 is 0 Å². The van der Waals surface area contributed by atoms with Gasteiger partial charge in [0.2, 0.25) is 0 Å². The van der Waals surface area contributed by atoms with Gasteiger partial charge in [0.05, 0.1) is 0 Å². The lowest BCUT2D eigenvalue weighted by molar-refractivity contribution is 0.470. The van der Waals surface area contributed by atoms with Crippen LogP contribution in [0.4, 0.5) is 0 Å². The molecule has 2 heteroatoms. The summed E-state index contributed by atoms with van der Waals surface area (Å²) in [4.78, 5) is 0. The van der Waals surface area contributed by atoms with Gasteiger partial charge in [-0.1, -0.05) is 32.9 Å². The Morgan fingerprint density at radius 1 is 1.13 bits per heavy atom. The van der Waals surface area contributed by atoms with Crippen molar-refractivity contribution in [1.82, 2.24) is 5.32 Å². The molecule has 0 atom stereocenters. The van der Waals surface area contributed by atoms with Crippen molar-refractivity contribution in [1.29, 1.82) is 0 Å². The molecule has 86 valence electrons. The van der Waals surface area contributed by atoms with Gasteiger partial charge in [-0.2, -0.15) is 0 Å². The Hall–Kier alpha value is -1.02. The molecule has 2 N–H and O–H groups in total. The first-order valence-electron chi connectivity index (χ1n) is 5.64. The molecule has 0 heterocycles. The summed E-state index contributed by atoms with van der Waals surface area (Å²) in [5.41, 5.74) is 2.13. The lowest BCUT2D eigenvalue weighted by Crippen LogP contribution is -2.09. The summed E-state index contributed by atoms with van der Waals surface area (Å²) >= 11 is 0. The maximum absolute atomic E-state index is 9.23. The number of aryl methyl sites for hydroxylation is 2. The van der Waals surface area contributed by atoms with Crippen LogP contribution in [0.1, 0.15) is 31.9 Å². The first-order chi connectivity index (χ1) is 7.15. The zero-order valence-corrected chi connectivity index (χ0v) is 10.3. The van der Waals surface area contributed by atoms with E-state index in [4.69, 9.17) is 0 Å². The maximum Gasteiger partial charge on any atom is 0.118 e. The molecule has 0 aliphatic heterocycles. The van der Waals surface area contributed by atoms with Crippen LogP contribution in [0.2, 0.25) is 0 Å². The Kier molecular flexibility index (Phi) is 7.74. The summed E-state index contributed by atoms with van der Waals surface area (Å²) in [5.74, 6) is 0.402. The quantitative estimate of drug-likeness (QED) is 0.802. The Morgan fingerprint density at radius 2 is 1.73 bits per heavy atom. The number of benzene rings is 1. The zero-order valence-electron chi connectivity index (χ0n) is 10.3. The highest BCUT2D eigenvalue weighted by atomic mass is 16.3. The van der Waals surface area contributed by atoms with Gasteiger partial charge in [0, 0.05) is 0 Å². The summed E-state index contributed by atoms with van der Waals surface area (Å²) in [7, 11) is 0. The van der Waals surface area contributed by atoms with Crippen LogP contribution in [0.25, 0.3) is 0 Å². The Labute approximate surface area is 93.3 Å². The Bertz CT molecular complexity index is 269. The molecule has 15 heavy (non-hydrogen) atoms. The predicted molar refractivity (Wildman–Crippen MR) is 66.4 cm³/mol. The van der Waals surface area contributed by atoms with Gasteiger partial charge < -0.3 is 10.4 Å². The van der Waals surface area contributed by atoms with Crippen molar-refractivity contribution in [3.05, 3.63) is 29.3 Å². The minimum absolute atomic E-state index is 0.402. The van der Waals surface area contributed by atoms with Crippen LogP contribution < -0.4 is 5.32 Å². The molecule has 0 spiro atoms. The minimum Gasteiger partial charge on any atom is -0.508 e. The van der Waals surface area contributed by atoms with Crippen molar-refractivity contribution in [2.24, 2.45) is 0 Å². The molecular formula is C13H23NO. The average Bonchev–Trinajstić information content (AvgIpc) is 2.24. The summed E-state index contributed by atoms with van der Waals surface area (Å²) in [6.45, 7) is 10.4. The molecule has 0 unspecified atom stereocenters. The number of hydrogen-bond donors (Lipinski definition) is 2. The highest BCUT2D eigenvalue weighted by Crippen LogP contribution is 2.17. The zero-order chi connectivity index (χ0) is 11.7. The summed E-state index contributed by atoms with van der Waals surface area (Å²) < 4.78 is 0. The van der Waals surface area contributed by atoms with E-state index in [0.29, 0.717) is 5.75 Å². The molecule has 0 bridgehead atoms. The third-order valence-electron chi connectivity index (χ3n) is 2.18. The van der Waals surface area contributed by atoms with Crippen molar-refractivity contribution in [2.45, 2.75) is 34.1 Å². The molecular weight excluding hydrogens is 186 g/mol. The fraction of sp³-hybridized carbons (Fsp3) is 0.538. The van der Waals surface area contributed by atoms with Gasteiger partial charge in [-0.25, -0.2) is 0 Å². The van der Waals surface area contributed by atoms with Gasteiger partial charge in [0.1, 0.15) is 5.75 Å². The summed E-state index contributed by atoms with van der Waals surface area (Å²) in [5, 5.41) is 12.3. The van der Waals surface area contributed by atoms with Crippen molar-refractivity contribution in [2.75, 3.05) is 13.1 Å². The van der Waals surface area contributed by atoms with Crippen LogP contribution in [0.5, 0.6) is 5.75 Å². The van der Waals surface area contributed by atoms with E-state index in [1.807, 2.05) is 25.1 Å². The van der Waals surface area contributed by atoms with E-state index in [9.17, 15) is 5.11 Å². The molecule has 0 aromatic heterocycles. The molecule has 1 rings (SSSR count). The van der Waals surface area contributed by atoms with E-state index in [1.165, 1.54) is 5.56 Å². The van der Waals surface area contributed by atoms with Gasteiger partial charge in [-0.15, -0.1) is 0 Å². The molecule has 0 saturated carbocycles. The summed E-state index contributed by atoms with van der Waals surface area (Å²) in [6, 6.07) is 5.79. The number of rotatable bonds is 3. The molecule has 0 aliphatic rings. The third-order valence-corrected chi connectivity index (χ3v) is 2.18. The molecule has 1 aromatic rings. The van der Waals surface area contributed by atoms with Crippen molar-refractivity contribution < 1.29 is 5.11 Å². The minimum atomic E-state index is 0.402. The van der Waals surface area contributed by atoms with Crippen molar-refractivity contribution >= 4 is 0 Å². The van der Waals surface area contributed by atoms with Gasteiger partial charge in [0.15, 0.2) is 0 Å². The second-order valence-corrected chi connectivity index (χ2v) is 3.43. The van der Waals surface area contributed by atoms with Gasteiger partial charge >= 0.3 is 0 Å². The Morgan fingerprint density at radius 3 is 2.07 bits per heavy atom. The van der Waals surface area contributed by atoms with Crippen LogP contribution in [0, 0.1) is 6.92 Å². The van der Waals surface area contributed by atoms with E-state index in [0.717, 1.165) is 25.1 Å². The predicted octanol–water partition coefficient (Wildman–Crippen LogP) is 2.88. The van der Waals surface area contributed by atoms with Gasteiger partial charge in [-0.05, 0) is 43.6 Å². The highest BCUT2D eigenvalue weighted by Gasteiger charge is 1.94. The van der Waals surface area contributed by atoms with Crippen LogP contribution in [0.15, 0.2) is 18.2 Å². The van der Waals surface area contributed by atoms with Gasteiger partial charge in [0.25, 0.3) is 0 Å². The van der Waals surface area contributed by atoms with E-state index in [1.54, 1.807) is 0 Å². The first-order valence-corrected chi connectivity index (χ1v) is 5.64. The molecule has 0 saturated heterocycles. The van der Waals surface area contributed by atoms with Crippen molar-refractivity contribution in [3.63, 3.8) is 0 Å². The van der Waals surface area contributed by atoms with Crippen LogP contribution >= 0.6 is 0 Å². The first kappa shape index (κ1) is 14.0. The topological polar surface area (TPSA) is 32.3 Å². The normalized spacial score (nSPS) is 9.33. The Balaban J connectivity index is 0.000000336. The smallest absolute Gasteiger partial charge is 0.118 e. The summed E-state index contributed by atoms with van der Waals surface area (Å²) in [6.07, 6.45) is 0.980. The van der Waals surface area contributed by atoms with Crippen LogP contribution in [-0.2, 0) is 6.42 Å². The number of phenols is 1. The SMILES string of the molecule is CCNCC.CCc1ccc(C)c(O)c1. The molecule has 1 aromatic carbocycles.